The summed E-state index contributed by atoms with van der Waals surface area (Å²) in [5, 5.41) is 1.39. The smallest absolute Gasteiger partial charge is 0.339 e. The topological polar surface area (TPSA) is 98.5 Å². The summed E-state index contributed by atoms with van der Waals surface area (Å²) in [6.07, 6.45) is 0. The average Bonchev–Trinajstić information content (AvgIpc) is 2.17. The third-order valence-electron chi connectivity index (χ3n) is 0.951. The molecule has 0 aliphatic rings. The van der Waals surface area contributed by atoms with Crippen molar-refractivity contribution in [3.05, 3.63) is 0 Å². The predicted octanol–water partition coefficient (Wildman–Crippen LogP) is -0.657. The van der Waals surface area contributed by atoms with Crippen molar-refractivity contribution in [1.29, 1.82) is 0 Å². The maximum Gasteiger partial charge on any atom is 0.339 e. The number of primary amides is 1. The lowest BCUT2D eigenvalue weighted by molar-refractivity contribution is -0.144. The van der Waals surface area contributed by atoms with Gasteiger partial charge in [0.1, 0.15) is 0 Å². The van der Waals surface area contributed by atoms with Gasteiger partial charge in [-0.2, -0.15) is 12.6 Å². The van der Waals surface area contributed by atoms with Crippen molar-refractivity contribution >= 4 is 43.0 Å². The van der Waals surface area contributed by atoms with Gasteiger partial charge in [0.25, 0.3) is 0 Å². The van der Waals surface area contributed by atoms with E-state index >= 15 is 0 Å². The minimum absolute atomic E-state index is 0.0243. The minimum atomic E-state index is -0.899. The summed E-state index contributed by atoms with van der Waals surface area (Å²) < 4.78 is 4.59. The molecule has 0 saturated carbocycles. The molecule has 1 atom stereocenters. The lowest BCUT2D eigenvalue weighted by Gasteiger charge is -2.10. The van der Waals surface area contributed by atoms with Gasteiger partial charge in [0, 0.05) is 6.92 Å². The first-order valence-corrected chi connectivity index (χ1v) is 5.51. The Bertz CT molecular complexity index is 244. The summed E-state index contributed by atoms with van der Waals surface area (Å²) in [6, 6.07) is 0. The Morgan fingerprint density at radius 3 is 2.19 bits per heavy atom. The van der Waals surface area contributed by atoms with Gasteiger partial charge in [-0.15, -0.1) is 12.6 Å². The number of carbonyl (C=O) groups excluding carboxylic acids is 3. The summed E-state index contributed by atoms with van der Waals surface area (Å²) in [5.41, 5.74) is 4.47. The second-order valence-corrected chi connectivity index (χ2v) is 3.32. The first-order chi connectivity index (χ1) is 7.34. The molecule has 0 radical (unpaired) electrons. The van der Waals surface area contributed by atoms with E-state index in [1.165, 1.54) is 6.92 Å². The van der Waals surface area contributed by atoms with Gasteiger partial charge in [0.2, 0.25) is 11.8 Å². The van der Waals surface area contributed by atoms with Crippen LogP contribution in [0.25, 0.3) is 0 Å². The molecule has 0 aliphatic heterocycles. The van der Waals surface area contributed by atoms with Crippen LogP contribution >= 0.6 is 25.3 Å². The monoisotopic (exact) mass is 268 g/mol. The standard InChI is InChI=1S/C6H11NO3S2.C2H5NO/c1-2-10-6(9)5(12)7-4(8)3-11;1-2(3)4/h5,11-12H,2-3H2,1H3,(H,7,8);1H3,(H2,3,4). The molecule has 6 nitrogen and oxygen atoms in total. The van der Waals surface area contributed by atoms with Gasteiger partial charge >= 0.3 is 5.97 Å². The Hall–Kier alpha value is -0.890. The van der Waals surface area contributed by atoms with Crippen LogP contribution in [0.5, 0.6) is 0 Å². The highest BCUT2D eigenvalue weighted by atomic mass is 32.1. The largest absolute Gasteiger partial charge is 0.464 e. The summed E-state index contributed by atoms with van der Waals surface area (Å²) >= 11 is 7.52. The van der Waals surface area contributed by atoms with Crippen LogP contribution in [-0.2, 0) is 19.1 Å². The lowest BCUT2D eigenvalue weighted by Crippen LogP contribution is -2.38. The molecule has 8 heteroatoms. The number of hydrogen-bond acceptors (Lipinski definition) is 6. The number of hydrogen-bond donors (Lipinski definition) is 4. The number of nitrogens with two attached hydrogens (primary N) is 1. The second-order valence-electron chi connectivity index (χ2n) is 2.49. The average molecular weight is 268 g/mol. The first-order valence-electron chi connectivity index (χ1n) is 4.36. The summed E-state index contributed by atoms with van der Waals surface area (Å²) in [4.78, 5) is 30.8. The van der Waals surface area contributed by atoms with Gasteiger partial charge in [-0.05, 0) is 6.92 Å². The molecular formula is C8H16N2O4S2. The van der Waals surface area contributed by atoms with Gasteiger partial charge in [-0.3, -0.25) is 9.59 Å². The number of nitrogens with one attached hydrogen (secondary N) is 1. The van der Waals surface area contributed by atoms with E-state index in [0.29, 0.717) is 0 Å². The Kier molecular flexibility index (Phi) is 11.6. The van der Waals surface area contributed by atoms with Crippen LogP contribution in [0.2, 0.25) is 0 Å². The first kappa shape index (κ1) is 17.5. The summed E-state index contributed by atoms with van der Waals surface area (Å²) in [6.45, 7) is 3.26. The normalized spacial score (nSPS) is 10.5. The van der Waals surface area contributed by atoms with Crippen LogP contribution in [0.15, 0.2) is 0 Å². The second kappa shape index (κ2) is 10.6. The van der Waals surface area contributed by atoms with Gasteiger partial charge < -0.3 is 15.8 Å². The van der Waals surface area contributed by atoms with E-state index in [4.69, 9.17) is 0 Å². The van der Waals surface area contributed by atoms with Crippen molar-refractivity contribution in [1.82, 2.24) is 5.32 Å². The third kappa shape index (κ3) is 13.1. The molecule has 0 saturated heterocycles. The Morgan fingerprint density at radius 2 is 1.88 bits per heavy atom. The molecule has 0 aromatic carbocycles. The van der Waals surface area contributed by atoms with E-state index in [2.05, 4.69) is 41.0 Å². The maximum atomic E-state index is 10.9. The van der Waals surface area contributed by atoms with E-state index < -0.39 is 11.3 Å². The molecule has 0 aromatic rings. The van der Waals surface area contributed by atoms with Crippen molar-refractivity contribution in [3.8, 4) is 0 Å². The zero-order valence-corrected chi connectivity index (χ0v) is 10.9. The Labute approximate surface area is 105 Å². The van der Waals surface area contributed by atoms with E-state index in [1.54, 1.807) is 6.92 Å². The third-order valence-corrected chi connectivity index (χ3v) is 1.58. The zero-order valence-electron chi connectivity index (χ0n) is 9.10. The molecule has 94 valence electrons. The molecule has 16 heavy (non-hydrogen) atoms. The van der Waals surface area contributed by atoms with Gasteiger partial charge in [0.05, 0.1) is 12.4 Å². The molecule has 0 bridgehead atoms. The summed E-state index contributed by atoms with van der Waals surface area (Å²) in [7, 11) is 0. The van der Waals surface area contributed by atoms with Crippen molar-refractivity contribution in [2.24, 2.45) is 5.73 Å². The number of amides is 2. The molecule has 0 aromatic heterocycles. The highest BCUT2D eigenvalue weighted by Gasteiger charge is 2.16. The lowest BCUT2D eigenvalue weighted by atomic mass is 10.6. The Balaban J connectivity index is 0. The number of ether oxygens (including phenoxy) is 1. The van der Waals surface area contributed by atoms with Gasteiger partial charge in [-0.25, -0.2) is 4.79 Å². The molecule has 0 heterocycles. The molecule has 2 amide bonds. The van der Waals surface area contributed by atoms with E-state index in [1.807, 2.05) is 0 Å². The van der Waals surface area contributed by atoms with Gasteiger partial charge in [-0.1, -0.05) is 0 Å². The van der Waals surface area contributed by atoms with E-state index in [9.17, 15) is 14.4 Å². The zero-order chi connectivity index (χ0) is 13.1. The fourth-order valence-corrected chi connectivity index (χ4v) is 0.788. The predicted molar refractivity (Wildman–Crippen MR) is 66.3 cm³/mol. The SMILES string of the molecule is CC(N)=O.CCOC(=O)C(S)NC(=O)CS. The van der Waals surface area contributed by atoms with Crippen LogP contribution < -0.4 is 11.1 Å². The molecule has 0 aliphatic carbocycles. The van der Waals surface area contributed by atoms with Crippen LogP contribution in [0.4, 0.5) is 0 Å². The van der Waals surface area contributed by atoms with E-state index in [-0.39, 0.29) is 24.2 Å². The highest BCUT2D eigenvalue weighted by molar-refractivity contribution is 7.82. The number of thiol groups is 2. The fraction of sp³-hybridized carbons (Fsp3) is 0.625. The molecule has 0 spiro atoms. The molecule has 0 fully saturated rings. The maximum absolute atomic E-state index is 10.9. The molecular weight excluding hydrogens is 252 g/mol. The Morgan fingerprint density at radius 1 is 1.44 bits per heavy atom. The quantitative estimate of drug-likeness (QED) is 0.309. The number of esters is 1. The van der Waals surface area contributed by atoms with Crippen LogP contribution in [0.3, 0.4) is 0 Å². The number of carbonyl (C=O) groups is 3. The van der Waals surface area contributed by atoms with Gasteiger partial charge in [0.15, 0.2) is 5.37 Å². The molecule has 1 unspecified atom stereocenters. The van der Waals surface area contributed by atoms with Crippen molar-refractivity contribution < 1.29 is 19.1 Å². The van der Waals surface area contributed by atoms with Crippen LogP contribution in [-0.4, -0.2) is 35.5 Å². The molecule has 0 rings (SSSR count). The number of rotatable bonds is 4. The highest BCUT2D eigenvalue weighted by Crippen LogP contribution is 1.94. The summed E-state index contributed by atoms with van der Waals surface area (Å²) in [5.74, 6) is -1.22. The van der Waals surface area contributed by atoms with Crippen LogP contribution in [0.1, 0.15) is 13.8 Å². The molecule has 3 N–H and O–H groups in total. The van der Waals surface area contributed by atoms with Crippen molar-refractivity contribution in [3.63, 3.8) is 0 Å². The van der Waals surface area contributed by atoms with E-state index in [0.717, 1.165) is 0 Å². The van der Waals surface area contributed by atoms with Crippen LogP contribution in [0, 0.1) is 0 Å². The van der Waals surface area contributed by atoms with Crippen molar-refractivity contribution in [2.75, 3.05) is 12.4 Å². The fourth-order valence-electron chi connectivity index (χ4n) is 0.478. The minimum Gasteiger partial charge on any atom is -0.464 e. The van der Waals surface area contributed by atoms with Crippen molar-refractivity contribution in [2.45, 2.75) is 19.2 Å².